The van der Waals surface area contributed by atoms with Crippen LogP contribution in [0, 0.1) is 0 Å². The van der Waals surface area contributed by atoms with E-state index >= 15 is 0 Å². The molecule has 2 N–H and O–H groups in total. The Labute approximate surface area is 128 Å². The molecule has 1 amide bonds. The van der Waals surface area contributed by atoms with Gasteiger partial charge in [-0.2, -0.15) is 0 Å². The van der Waals surface area contributed by atoms with E-state index in [9.17, 15) is 4.79 Å². The fourth-order valence-electron chi connectivity index (χ4n) is 2.81. The summed E-state index contributed by atoms with van der Waals surface area (Å²) in [6.07, 6.45) is 6.54. The van der Waals surface area contributed by atoms with Crippen LogP contribution in [-0.2, 0) is 4.79 Å². The molecule has 1 aliphatic carbocycles. The number of hydrogen-bond acceptors (Lipinski definition) is 3. The van der Waals surface area contributed by atoms with E-state index in [2.05, 4.69) is 15.6 Å². The molecule has 21 heavy (non-hydrogen) atoms. The van der Waals surface area contributed by atoms with E-state index in [-0.39, 0.29) is 5.91 Å². The number of amides is 1. The first-order chi connectivity index (χ1) is 10.2. The molecule has 0 spiro atoms. The zero-order chi connectivity index (χ0) is 14.7. The van der Waals surface area contributed by atoms with Crippen molar-refractivity contribution in [1.82, 2.24) is 10.3 Å². The smallest absolute Gasteiger partial charge is 0.238 e. The Morgan fingerprint density at radius 2 is 2.14 bits per heavy atom. The minimum Gasteiger partial charge on any atom is -0.323 e. The van der Waals surface area contributed by atoms with E-state index in [1.54, 1.807) is 12.3 Å². The Hall–Kier alpha value is -1.65. The number of aromatic nitrogens is 1. The Balaban J connectivity index is 1.70. The van der Waals surface area contributed by atoms with Crippen LogP contribution in [0.4, 0.5) is 5.69 Å². The van der Waals surface area contributed by atoms with Gasteiger partial charge in [-0.3, -0.25) is 9.78 Å². The summed E-state index contributed by atoms with van der Waals surface area (Å²) in [6.45, 7) is 0.325. The van der Waals surface area contributed by atoms with Crippen molar-refractivity contribution in [1.29, 1.82) is 0 Å². The van der Waals surface area contributed by atoms with Crippen molar-refractivity contribution in [3.05, 3.63) is 35.5 Å². The van der Waals surface area contributed by atoms with Crippen LogP contribution < -0.4 is 10.6 Å². The number of rotatable bonds is 4. The molecule has 0 atom stereocenters. The van der Waals surface area contributed by atoms with E-state index in [0.29, 0.717) is 23.3 Å². The van der Waals surface area contributed by atoms with Gasteiger partial charge in [0.15, 0.2) is 0 Å². The van der Waals surface area contributed by atoms with Crippen molar-refractivity contribution in [3.63, 3.8) is 0 Å². The number of anilines is 1. The molecule has 0 radical (unpaired) electrons. The van der Waals surface area contributed by atoms with Crippen LogP contribution in [0.2, 0.25) is 5.02 Å². The van der Waals surface area contributed by atoms with Gasteiger partial charge in [0.25, 0.3) is 0 Å². The maximum Gasteiger partial charge on any atom is 0.238 e. The maximum absolute atomic E-state index is 12.1. The molecule has 0 bridgehead atoms. The molecule has 5 heteroatoms. The first-order valence-corrected chi connectivity index (χ1v) is 7.68. The predicted octanol–water partition coefficient (Wildman–Crippen LogP) is 3.36. The summed E-state index contributed by atoms with van der Waals surface area (Å²) in [7, 11) is 0. The summed E-state index contributed by atoms with van der Waals surface area (Å²) in [5, 5.41) is 7.71. The number of nitrogens with zero attached hydrogens (tertiary/aromatic N) is 1. The molecule has 1 heterocycles. The van der Waals surface area contributed by atoms with E-state index in [0.717, 1.165) is 23.7 Å². The number of fused-ring (bicyclic) bond motifs is 1. The number of benzene rings is 1. The Morgan fingerprint density at radius 3 is 2.95 bits per heavy atom. The van der Waals surface area contributed by atoms with Crippen LogP contribution in [0.3, 0.4) is 0 Å². The molecule has 2 aromatic rings. The van der Waals surface area contributed by atoms with Crippen molar-refractivity contribution >= 4 is 34.1 Å². The third-order valence-electron chi connectivity index (χ3n) is 3.85. The minimum absolute atomic E-state index is 0.0591. The molecular weight excluding hydrogens is 286 g/mol. The average Bonchev–Trinajstić information content (AvgIpc) is 2.98. The Bertz CT molecular complexity index is 653. The average molecular weight is 304 g/mol. The second-order valence-electron chi connectivity index (χ2n) is 5.44. The monoisotopic (exact) mass is 303 g/mol. The van der Waals surface area contributed by atoms with E-state index in [1.165, 1.54) is 12.8 Å². The molecular formula is C16H18ClN3O. The van der Waals surface area contributed by atoms with Crippen molar-refractivity contribution in [3.8, 4) is 0 Å². The van der Waals surface area contributed by atoms with Crippen molar-refractivity contribution in [2.24, 2.45) is 0 Å². The normalized spacial score (nSPS) is 15.5. The fraction of sp³-hybridized carbons (Fsp3) is 0.375. The van der Waals surface area contributed by atoms with Crippen LogP contribution in [0.1, 0.15) is 25.7 Å². The highest BCUT2D eigenvalue weighted by molar-refractivity contribution is 6.32. The lowest BCUT2D eigenvalue weighted by Crippen LogP contribution is -2.34. The third kappa shape index (κ3) is 3.52. The first kappa shape index (κ1) is 14.3. The number of pyridine rings is 1. The van der Waals surface area contributed by atoms with E-state index < -0.39 is 0 Å². The van der Waals surface area contributed by atoms with Gasteiger partial charge in [0, 0.05) is 22.6 Å². The molecule has 1 aromatic carbocycles. The zero-order valence-corrected chi connectivity index (χ0v) is 12.5. The Morgan fingerprint density at radius 1 is 1.33 bits per heavy atom. The lowest BCUT2D eigenvalue weighted by Gasteiger charge is -2.13. The number of hydrogen-bond donors (Lipinski definition) is 2. The van der Waals surface area contributed by atoms with Gasteiger partial charge in [-0.05, 0) is 31.0 Å². The lowest BCUT2D eigenvalue weighted by atomic mass is 10.2. The van der Waals surface area contributed by atoms with Crippen LogP contribution >= 0.6 is 11.6 Å². The molecule has 0 unspecified atom stereocenters. The van der Waals surface area contributed by atoms with Crippen molar-refractivity contribution in [2.75, 3.05) is 11.9 Å². The second-order valence-corrected chi connectivity index (χ2v) is 5.88. The highest BCUT2D eigenvalue weighted by Crippen LogP contribution is 2.26. The van der Waals surface area contributed by atoms with Gasteiger partial charge in [-0.15, -0.1) is 0 Å². The van der Waals surface area contributed by atoms with Gasteiger partial charge in [0.2, 0.25) is 5.91 Å². The third-order valence-corrected chi connectivity index (χ3v) is 4.07. The quantitative estimate of drug-likeness (QED) is 0.910. The summed E-state index contributed by atoms with van der Waals surface area (Å²) in [5.74, 6) is -0.0591. The minimum atomic E-state index is -0.0591. The fourth-order valence-corrected chi connectivity index (χ4v) is 3.04. The molecule has 3 rings (SSSR count). The molecule has 1 aromatic heterocycles. The van der Waals surface area contributed by atoms with Gasteiger partial charge in [0.1, 0.15) is 0 Å². The molecule has 1 saturated carbocycles. The van der Waals surface area contributed by atoms with Gasteiger partial charge in [-0.1, -0.05) is 30.5 Å². The molecule has 110 valence electrons. The summed E-state index contributed by atoms with van der Waals surface area (Å²) in [4.78, 5) is 16.4. The zero-order valence-electron chi connectivity index (χ0n) is 11.7. The number of nitrogens with one attached hydrogen (secondary N) is 2. The SMILES string of the molecule is O=C(CNC1CCCC1)Nc1cc(Cl)cc2cccnc12. The highest BCUT2D eigenvalue weighted by Gasteiger charge is 2.15. The van der Waals surface area contributed by atoms with Crippen LogP contribution in [0.5, 0.6) is 0 Å². The number of halogens is 1. The molecule has 1 fully saturated rings. The summed E-state index contributed by atoms with van der Waals surface area (Å²) in [5.41, 5.74) is 1.42. The molecule has 4 nitrogen and oxygen atoms in total. The van der Waals surface area contributed by atoms with Crippen LogP contribution in [0.15, 0.2) is 30.5 Å². The summed E-state index contributed by atoms with van der Waals surface area (Å²) < 4.78 is 0. The number of carbonyl (C=O) groups excluding carboxylic acids is 1. The number of carbonyl (C=O) groups is 1. The van der Waals surface area contributed by atoms with Gasteiger partial charge < -0.3 is 10.6 Å². The van der Waals surface area contributed by atoms with Crippen LogP contribution in [0.25, 0.3) is 10.9 Å². The Kier molecular flexibility index (Phi) is 4.36. The standard InChI is InChI=1S/C16H18ClN3O/c17-12-8-11-4-3-7-18-16(11)14(9-12)20-15(21)10-19-13-5-1-2-6-13/h3-4,7-9,13,19H,1-2,5-6,10H2,(H,20,21). The largest absolute Gasteiger partial charge is 0.323 e. The lowest BCUT2D eigenvalue weighted by molar-refractivity contribution is -0.115. The molecule has 0 saturated heterocycles. The first-order valence-electron chi connectivity index (χ1n) is 7.30. The van der Waals surface area contributed by atoms with Crippen molar-refractivity contribution < 1.29 is 4.79 Å². The molecule has 1 aliphatic rings. The summed E-state index contributed by atoms with van der Waals surface area (Å²) in [6, 6.07) is 7.85. The highest BCUT2D eigenvalue weighted by atomic mass is 35.5. The van der Waals surface area contributed by atoms with Crippen LogP contribution in [-0.4, -0.2) is 23.5 Å². The van der Waals surface area contributed by atoms with Gasteiger partial charge >= 0.3 is 0 Å². The van der Waals surface area contributed by atoms with E-state index in [4.69, 9.17) is 11.6 Å². The molecule has 0 aliphatic heterocycles. The maximum atomic E-state index is 12.1. The van der Waals surface area contributed by atoms with Crippen molar-refractivity contribution in [2.45, 2.75) is 31.7 Å². The van der Waals surface area contributed by atoms with Gasteiger partial charge in [-0.25, -0.2) is 0 Å². The van der Waals surface area contributed by atoms with Gasteiger partial charge in [0.05, 0.1) is 17.7 Å². The van der Waals surface area contributed by atoms with E-state index in [1.807, 2.05) is 18.2 Å². The second kappa shape index (κ2) is 6.41. The topological polar surface area (TPSA) is 54.0 Å². The predicted molar refractivity (Wildman–Crippen MR) is 85.6 cm³/mol. The summed E-state index contributed by atoms with van der Waals surface area (Å²) >= 11 is 6.09.